The average Bonchev–Trinajstić information content (AvgIpc) is 1.25. The summed E-state index contributed by atoms with van der Waals surface area (Å²) in [5.41, 5.74) is 3.64. The van der Waals surface area contributed by atoms with Gasteiger partial charge in [0.2, 0.25) is 0 Å². The maximum Gasteiger partial charge on any atom is 0 e. The number of aliphatic hydroxyl groups is 2. The van der Waals surface area contributed by atoms with Crippen LogP contribution < -0.4 is 0 Å². The molecule has 0 aromatic heterocycles. The van der Waals surface area contributed by atoms with Gasteiger partial charge in [0, 0.05) is 47.1 Å². The zero-order valence-corrected chi connectivity index (χ0v) is 53.5. The molecule has 2 aliphatic heterocycles. The maximum atomic E-state index is 14.0. The summed E-state index contributed by atoms with van der Waals surface area (Å²) in [7, 11) is 1.52. The number of hydrogen-bond acceptors (Lipinski definition) is 14. The second-order valence-electron chi connectivity index (χ2n) is 20.0. The third kappa shape index (κ3) is 29.5. The van der Waals surface area contributed by atoms with Crippen molar-refractivity contribution in [3.05, 3.63) is 291 Å². The van der Waals surface area contributed by atoms with E-state index in [1.165, 1.54) is 7.11 Å². The number of hydrogen-bond donors (Lipinski definition) is 2. The van der Waals surface area contributed by atoms with Gasteiger partial charge in [-0.2, -0.15) is 0 Å². The first-order chi connectivity index (χ1) is 45.8. The Morgan fingerprint density at radius 1 is 0.484 bits per heavy atom. The van der Waals surface area contributed by atoms with Crippen molar-refractivity contribution in [2.45, 2.75) is 119 Å². The summed E-state index contributed by atoms with van der Waals surface area (Å²) < 4.78 is 117. The van der Waals surface area contributed by atoms with Gasteiger partial charge in [0.1, 0.15) is 61.5 Å². The van der Waals surface area contributed by atoms with Gasteiger partial charge in [-0.15, -0.1) is 0 Å². The predicted octanol–water partition coefficient (Wildman–Crippen LogP) is 9.88. The minimum atomic E-state index is -2.33. The maximum absolute atomic E-state index is 14.0. The van der Waals surface area contributed by atoms with Crippen LogP contribution in [0.15, 0.2) is 212 Å². The molecule has 500 valence electrons. The van der Waals surface area contributed by atoms with Crippen LogP contribution in [-0.4, -0.2) is 104 Å². The van der Waals surface area contributed by atoms with Gasteiger partial charge >= 0.3 is 74.0 Å². The monoisotopic (exact) mass is 1380 g/mol. The van der Waals surface area contributed by atoms with Crippen molar-refractivity contribution in [2.75, 3.05) is 20.3 Å². The first-order valence-electron chi connectivity index (χ1n) is 28.5. The molecule has 2 radical (unpaired) electrons. The normalized spacial score (nSPS) is 18.1. The molecule has 0 aliphatic carbocycles. The van der Waals surface area contributed by atoms with E-state index in [4.69, 9.17) is 80.0 Å². The summed E-state index contributed by atoms with van der Waals surface area (Å²) >= 11 is 0. The minimum absolute atomic E-state index is 0. The summed E-state index contributed by atoms with van der Waals surface area (Å²) in [5, 5.41) is 26.5. The van der Waals surface area contributed by atoms with Gasteiger partial charge in [0.25, 0.3) is 0 Å². The van der Waals surface area contributed by atoms with Crippen LogP contribution in [0.1, 0.15) is 45.4 Å². The molecule has 11 atom stereocenters. The molecule has 7 aromatic carbocycles. The first-order valence-corrected chi connectivity index (χ1v) is 28.5. The molecular formula is C73H70Co2O20. The van der Waals surface area contributed by atoms with E-state index in [1.54, 1.807) is 0 Å². The third-order valence-corrected chi connectivity index (χ3v) is 13.9. The molecule has 2 heterocycles. The molecular weight excluding hydrogens is 1310 g/mol. The molecule has 7 aromatic rings. The van der Waals surface area contributed by atoms with Crippen molar-refractivity contribution in [2.24, 2.45) is 0 Å². The number of aliphatic hydroxyl groups excluding tert-OH is 1. The van der Waals surface area contributed by atoms with E-state index >= 15 is 0 Å². The predicted molar refractivity (Wildman–Crippen MR) is 325 cm³/mol. The minimum Gasteiger partial charge on any atom is 0 e. The van der Waals surface area contributed by atoms with Gasteiger partial charge in [0.05, 0.1) is 52.9 Å². The largest absolute Gasteiger partial charge is 0 e. The summed E-state index contributed by atoms with van der Waals surface area (Å²) in [6.07, 6.45) is -12.7. The van der Waals surface area contributed by atoms with Crippen molar-refractivity contribution in [3.8, 4) is 11.8 Å². The Balaban J connectivity index is 0.00000305. The second kappa shape index (κ2) is 51.7. The number of benzene rings is 7. The van der Waals surface area contributed by atoms with Gasteiger partial charge in [0.15, 0.2) is 11.9 Å². The molecule has 0 amide bonds. The zero-order chi connectivity index (χ0) is 67.9. The van der Waals surface area contributed by atoms with Gasteiger partial charge in [-0.1, -0.05) is 224 Å². The van der Waals surface area contributed by atoms with Crippen molar-refractivity contribution in [3.63, 3.8) is 0 Å². The molecule has 0 saturated carbocycles. The van der Waals surface area contributed by atoms with E-state index in [1.807, 2.05) is 212 Å². The van der Waals surface area contributed by atoms with Crippen LogP contribution in [0, 0.1) is 51.7 Å². The van der Waals surface area contributed by atoms with Crippen LogP contribution in [0.4, 0.5) is 4.79 Å². The molecule has 20 nitrogen and oxygen atoms in total. The number of rotatable bonds is 29. The number of ether oxygens (including phenoxy) is 11. The van der Waals surface area contributed by atoms with Crippen molar-refractivity contribution >= 4 is 6.16 Å². The molecule has 2 fully saturated rings. The van der Waals surface area contributed by atoms with E-state index in [0.717, 1.165) is 38.9 Å². The SMILES string of the molecule is CO[C@H]1O[C@H](C#C[C@@](O)(C[C@H]2COC(=O)O2)[C@H](OCc2ccccc2)[C@@H](OCc2ccccc2)[C@H](OCc2ccccc2)[C@H](O)COCc2ccccc2)[C@@H](OCc2ccccc2)[C@H](OCc2ccccc2)[C@H]1OCc1ccccc1.[C-]#[O+].[C-]#[O+].[C-]#[O+].[C-]#[O+].[C-]#[O+].[C-]#[O+].[Co].[Co]. The fourth-order valence-electron chi connectivity index (χ4n) is 9.76. The third-order valence-electron chi connectivity index (χ3n) is 13.9. The Morgan fingerprint density at radius 3 is 1.19 bits per heavy atom. The smallest absolute Gasteiger partial charge is 0 e. The molecule has 2 saturated heterocycles. The molecule has 0 unspecified atom stereocenters. The van der Waals surface area contributed by atoms with Crippen LogP contribution >= 0.6 is 0 Å². The molecule has 0 bridgehead atoms. The Hall–Kier alpha value is -7.62. The number of cyclic esters (lactones) is 2. The van der Waals surface area contributed by atoms with Crippen molar-refractivity contribution in [1.29, 1.82) is 0 Å². The standard InChI is InChI=1S/C67H70O14.6CO.2Co/c1-71-65-63(77-45-54-33-19-7-20-34-54)61(75-43-52-29-15-5-16-30-52)60(74-42-51-27-13-4-14-28-51)58(81-65)37-38-67(70,39-56-47-79-66(69)80-56)64(78-46-55-35-21-8-22-36-55)62(76-44-53-31-17-6-18-32-53)59(73-41-50-25-11-3-12-26-50)57(68)48-72-40-49-23-9-2-10-24-49;6*1-2;;/h2-36,56-65,68,70H,39-48H2,1H3;;;;;;;;/t56-,57+,58+,59+,60+,61-,62-,63+,64+,65-,67+;;;;;;;;/m0......../s1. The first kappa shape index (κ1) is 85.4. The van der Waals surface area contributed by atoms with Crippen LogP contribution in [0.5, 0.6) is 0 Å². The van der Waals surface area contributed by atoms with Gasteiger partial charge < -0.3 is 62.3 Å². The fraction of sp³-hybridized carbons (Fsp3) is 0.301. The zero-order valence-electron chi connectivity index (χ0n) is 51.5. The molecule has 95 heavy (non-hydrogen) atoms. The van der Waals surface area contributed by atoms with E-state index in [0.29, 0.717) is 0 Å². The van der Waals surface area contributed by atoms with Gasteiger partial charge in [-0.05, 0) is 38.9 Å². The fourth-order valence-corrected chi connectivity index (χ4v) is 9.76. The Morgan fingerprint density at radius 2 is 0.821 bits per heavy atom. The van der Waals surface area contributed by atoms with E-state index in [9.17, 15) is 15.0 Å². The molecule has 9 rings (SSSR count). The average molecular weight is 1390 g/mol. The topological polar surface area (TPSA) is 278 Å². The van der Waals surface area contributed by atoms with E-state index < -0.39 is 73.0 Å². The molecule has 22 heteroatoms. The van der Waals surface area contributed by atoms with Gasteiger partial charge in [-0.25, -0.2) is 4.79 Å². The van der Waals surface area contributed by atoms with E-state index in [2.05, 4.69) is 51.7 Å². The number of carbonyl (C=O) groups is 1. The van der Waals surface area contributed by atoms with Crippen LogP contribution in [0.2, 0.25) is 0 Å². The van der Waals surface area contributed by atoms with E-state index in [-0.39, 0.29) is 99.4 Å². The van der Waals surface area contributed by atoms with Crippen LogP contribution in [0.3, 0.4) is 0 Å². The van der Waals surface area contributed by atoms with Crippen LogP contribution in [0.25, 0.3) is 0 Å². The van der Waals surface area contributed by atoms with Crippen molar-refractivity contribution in [1.82, 2.24) is 0 Å². The Kier molecular flexibility index (Phi) is 46.5. The Bertz CT molecular complexity index is 3240. The Labute approximate surface area is 574 Å². The summed E-state index contributed by atoms with van der Waals surface area (Å²) in [6, 6.07) is 67.3. The number of methoxy groups -OCH3 is 1. The number of carbonyl (C=O) groups excluding carboxylic acids is 1. The quantitative estimate of drug-likeness (QED) is 0.0191. The molecule has 2 aliphatic rings. The molecule has 2 N–H and O–H groups in total. The molecule has 0 spiro atoms. The van der Waals surface area contributed by atoms with Crippen molar-refractivity contribution < 1.29 is 129 Å². The summed E-state index contributed by atoms with van der Waals surface area (Å²) in [5.74, 6) is 6.52. The van der Waals surface area contributed by atoms with Crippen LogP contribution in [-0.2, 0) is 160 Å². The second-order valence-corrected chi connectivity index (χ2v) is 20.0. The van der Waals surface area contributed by atoms with Gasteiger partial charge in [-0.3, -0.25) is 0 Å². The summed E-state index contributed by atoms with van der Waals surface area (Å²) in [6.45, 7) is 27.3. The summed E-state index contributed by atoms with van der Waals surface area (Å²) in [4.78, 5) is 12.8.